The third kappa shape index (κ3) is 3.59. The zero-order chi connectivity index (χ0) is 15.4. The van der Waals surface area contributed by atoms with Gasteiger partial charge in [0.25, 0.3) is 0 Å². The first-order valence-electron chi connectivity index (χ1n) is 7.44. The maximum absolute atomic E-state index is 12.8. The third-order valence-electron chi connectivity index (χ3n) is 3.82. The molecule has 0 saturated carbocycles. The van der Waals surface area contributed by atoms with Crippen LogP contribution in [-0.2, 0) is 17.6 Å². The Morgan fingerprint density at radius 2 is 1.50 bits per heavy atom. The van der Waals surface area contributed by atoms with Gasteiger partial charge in [0, 0.05) is 12.8 Å². The molecule has 0 fully saturated rings. The summed E-state index contributed by atoms with van der Waals surface area (Å²) in [6.45, 7) is 0. The molecule has 3 rings (SSSR count). The van der Waals surface area contributed by atoms with Gasteiger partial charge in [-0.3, -0.25) is 4.79 Å². The molecule has 0 atom stereocenters. The summed E-state index contributed by atoms with van der Waals surface area (Å²) in [6, 6.07) is 20.6. The number of carbonyl (C=O) groups is 1. The van der Waals surface area contributed by atoms with Crippen molar-refractivity contribution in [3.8, 4) is 0 Å². The Hall–Kier alpha value is -2.48. The number of rotatable bonds is 5. The highest BCUT2D eigenvalue weighted by Crippen LogP contribution is 2.16. The zero-order valence-electron chi connectivity index (χ0n) is 12.3. The maximum Gasteiger partial charge on any atom is 0.137 e. The van der Waals surface area contributed by atoms with E-state index in [-0.39, 0.29) is 11.6 Å². The summed E-state index contributed by atoms with van der Waals surface area (Å²) in [5, 5.41) is 2.34. The summed E-state index contributed by atoms with van der Waals surface area (Å²) in [4.78, 5) is 12.1. The van der Waals surface area contributed by atoms with Gasteiger partial charge in [-0.2, -0.15) is 0 Å². The van der Waals surface area contributed by atoms with Gasteiger partial charge in [0.1, 0.15) is 11.6 Å². The quantitative estimate of drug-likeness (QED) is 0.665. The predicted molar refractivity (Wildman–Crippen MR) is 87.4 cm³/mol. The fourth-order valence-corrected chi connectivity index (χ4v) is 2.60. The van der Waals surface area contributed by atoms with Gasteiger partial charge in [0.2, 0.25) is 0 Å². The normalized spacial score (nSPS) is 10.8. The van der Waals surface area contributed by atoms with Crippen molar-refractivity contribution in [2.24, 2.45) is 0 Å². The van der Waals surface area contributed by atoms with Crippen LogP contribution in [0.2, 0.25) is 0 Å². The molecule has 0 bridgehead atoms. The van der Waals surface area contributed by atoms with Crippen molar-refractivity contribution in [2.75, 3.05) is 0 Å². The Morgan fingerprint density at radius 3 is 2.27 bits per heavy atom. The average molecular weight is 292 g/mol. The molecule has 2 heteroatoms. The molecular weight excluding hydrogens is 275 g/mol. The lowest BCUT2D eigenvalue weighted by Gasteiger charge is -2.04. The minimum absolute atomic E-state index is 0.208. The predicted octanol–water partition coefficient (Wildman–Crippen LogP) is 4.72. The van der Waals surface area contributed by atoms with Crippen LogP contribution in [0.15, 0.2) is 66.7 Å². The molecule has 22 heavy (non-hydrogen) atoms. The summed E-state index contributed by atoms with van der Waals surface area (Å²) < 4.78 is 12.8. The number of carbonyl (C=O) groups excluding carboxylic acids is 1. The van der Waals surface area contributed by atoms with Gasteiger partial charge in [-0.05, 0) is 40.5 Å². The first-order chi connectivity index (χ1) is 10.7. The van der Waals surface area contributed by atoms with E-state index in [1.807, 2.05) is 18.2 Å². The Bertz CT molecular complexity index is 790. The lowest BCUT2D eigenvalue weighted by molar-refractivity contribution is -0.118. The van der Waals surface area contributed by atoms with Crippen LogP contribution in [0, 0.1) is 5.82 Å². The highest BCUT2D eigenvalue weighted by molar-refractivity contribution is 5.86. The second-order valence-corrected chi connectivity index (χ2v) is 5.52. The lowest BCUT2D eigenvalue weighted by Crippen LogP contribution is -2.04. The number of hydrogen-bond acceptors (Lipinski definition) is 1. The molecule has 0 N–H and O–H groups in total. The second-order valence-electron chi connectivity index (χ2n) is 5.52. The van der Waals surface area contributed by atoms with Crippen molar-refractivity contribution in [3.63, 3.8) is 0 Å². The molecule has 3 aromatic carbocycles. The Morgan fingerprint density at radius 1 is 0.818 bits per heavy atom. The van der Waals surface area contributed by atoms with Crippen LogP contribution in [-0.4, -0.2) is 5.78 Å². The summed E-state index contributed by atoms with van der Waals surface area (Å²) in [5.41, 5.74) is 2.04. The van der Waals surface area contributed by atoms with E-state index in [1.165, 1.54) is 17.5 Å². The van der Waals surface area contributed by atoms with Crippen molar-refractivity contribution < 1.29 is 9.18 Å². The van der Waals surface area contributed by atoms with Gasteiger partial charge in [-0.25, -0.2) is 4.39 Å². The molecule has 0 saturated heterocycles. The molecule has 0 spiro atoms. The molecule has 0 aliphatic carbocycles. The van der Waals surface area contributed by atoms with Gasteiger partial charge in [-0.1, -0.05) is 54.6 Å². The first kappa shape index (κ1) is 14.5. The number of hydrogen-bond donors (Lipinski definition) is 0. The molecule has 3 aromatic rings. The molecule has 0 heterocycles. The Labute approximate surface area is 129 Å². The molecule has 110 valence electrons. The van der Waals surface area contributed by atoms with E-state index < -0.39 is 0 Å². The monoisotopic (exact) mass is 292 g/mol. The summed E-state index contributed by atoms with van der Waals surface area (Å²) in [5.74, 6) is -0.0363. The summed E-state index contributed by atoms with van der Waals surface area (Å²) >= 11 is 0. The van der Waals surface area contributed by atoms with Crippen LogP contribution in [0.4, 0.5) is 4.39 Å². The number of Topliss-reactive ketones (excluding diaryl/α,β-unsaturated/α-hetero) is 1. The molecule has 0 radical (unpaired) electrons. The van der Waals surface area contributed by atoms with E-state index in [0.29, 0.717) is 19.3 Å². The van der Waals surface area contributed by atoms with Crippen molar-refractivity contribution >= 4 is 16.6 Å². The van der Waals surface area contributed by atoms with Crippen LogP contribution >= 0.6 is 0 Å². The van der Waals surface area contributed by atoms with Crippen molar-refractivity contribution in [3.05, 3.63) is 83.7 Å². The molecule has 0 amide bonds. The third-order valence-corrected chi connectivity index (χ3v) is 3.82. The van der Waals surface area contributed by atoms with Gasteiger partial charge in [0.15, 0.2) is 0 Å². The number of benzene rings is 3. The van der Waals surface area contributed by atoms with E-state index >= 15 is 0 Å². The standard InChI is InChI=1S/C20H17FO/c21-19-10-6-15(7-11-19)8-12-20(22)14-16-5-9-17-3-1-2-4-18(17)13-16/h1-7,9-11,13H,8,12,14H2. The molecule has 0 aromatic heterocycles. The van der Waals surface area contributed by atoms with Gasteiger partial charge in [0.05, 0.1) is 0 Å². The smallest absolute Gasteiger partial charge is 0.137 e. The van der Waals surface area contributed by atoms with E-state index in [0.717, 1.165) is 16.5 Å². The zero-order valence-corrected chi connectivity index (χ0v) is 12.3. The molecule has 1 nitrogen and oxygen atoms in total. The van der Waals surface area contributed by atoms with Crippen molar-refractivity contribution in [1.29, 1.82) is 0 Å². The summed E-state index contributed by atoms with van der Waals surface area (Å²) in [6.07, 6.45) is 1.59. The van der Waals surface area contributed by atoms with E-state index in [1.54, 1.807) is 12.1 Å². The highest BCUT2D eigenvalue weighted by atomic mass is 19.1. The van der Waals surface area contributed by atoms with Crippen LogP contribution < -0.4 is 0 Å². The molecular formula is C20H17FO. The van der Waals surface area contributed by atoms with Crippen molar-refractivity contribution in [1.82, 2.24) is 0 Å². The van der Waals surface area contributed by atoms with Gasteiger partial charge in [-0.15, -0.1) is 0 Å². The highest BCUT2D eigenvalue weighted by Gasteiger charge is 2.05. The minimum atomic E-state index is -0.244. The summed E-state index contributed by atoms with van der Waals surface area (Å²) in [7, 11) is 0. The number of ketones is 1. The molecule has 0 aliphatic rings. The maximum atomic E-state index is 12.8. The van der Waals surface area contributed by atoms with Crippen LogP contribution in [0.3, 0.4) is 0 Å². The van der Waals surface area contributed by atoms with Gasteiger partial charge >= 0.3 is 0 Å². The largest absolute Gasteiger partial charge is 0.299 e. The van der Waals surface area contributed by atoms with Crippen LogP contribution in [0.5, 0.6) is 0 Å². The SMILES string of the molecule is O=C(CCc1ccc(F)cc1)Cc1ccc2ccccc2c1. The first-order valence-corrected chi connectivity index (χ1v) is 7.44. The second kappa shape index (κ2) is 6.52. The fraction of sp³-hybridized carbons (Fsp3) is 0.150. The lowest BCUT2D eigenvalue weighted by atomic mass is 10.0. The minimum Gasteiger partial charge on any atom is -0.299 e. The fourth-order valence-electron chi connectivity index (χ4n) is 2.60. The Balaban J connectivity index is 1.61. The average Bonchev–Trinajstić information content (AvgIpc) is 2.54. The van der Waals surface area contributed by atoms with Crippen molar-refractivity contribution in [2.45, 2.75) is 19.3 Å². The number of fused-ring (bicyclic) bond motifs is 1. The van der Waals surface area contributed by atoms with E-state index in [9.17, 15) is 9.18 Å². The molecule has 0 unspecified atom stereocenters. The topological polar surface area (TPSA) is 17.1 Å². The van der Waals surface area contributed by atoms with E-state index in [2.05, 4.69) is 24.3 Å². The number of aryl methyl sites for hydroxylation is 1. The number of halogens is 1. The molecule has 0 aliphatic heterocycles. The van der Waals surface area contributed by atoms with E-state index in [4.69, 9.17) is 0 Å². The van der Waals surface area contributed by atoms with Gasteiger partial charge < -0.3 is 0 Å². The van der Waals surface area contributed by atoms with Crippen LogP contribution in [0.25, 0.3) is 10.8 Å². The van der Waals surface area contributed by atoms with Crippen LogP contribution in [0.1, 0.15) is 17.5 Å². The Kier molecular flexibility index (Phi) is 4.29.